The highest BCUT2D eigenvalue weighted by atomic mass is 32.1. The zero-order chi connectivity index (χ0) is 14.9. The van der Waals surface area contributed by atoms with E-state index in [1.165, 1.54) is 6.42 Å². The van der Waals surface area contributed by atoms with Crippen molar-refractivity contribution in [3.8, 4) is 16.3 Å². The average Bonchev–Trinajstić information content (AvgIpc) is 2.93. The summed E-state index contributed by atoms with van der Waals surface area (Å²) in [4.78, 5) is 4.49. The number of thiazole rings is 1. The average molecular weight is 304 g/mol. The highest BCUT2D eigenvalue weighted by molar-refractivity contribution is 7.13. The fourth-order valence-electron chi connectivity index (χ4n) is 2.02. The number of benzene rings is 1. The second-order valence-electron chi connectivity index (χ2n) is 5.12. The first-order valence-electron chi connectivity index (χ1n) is 7.65. The van der Waals surface area contributed by atoms with Gasteiger partial charge in [0.2, 0.25) is 0 Å². The Morgan fingerprint density at radius 2 is 1.95 bits per heavy atom. The van der Waals surface area contributed by atoms with Crippen LogP contribution < -0.4 is 10.1 Å². The molecule has 0 fully saturated rings. The third kappa shape index (κ3) is 5.48. The van der Waals surface area contributed by atoms with Gasteiger partial charge in [0.05, 0.1) is 6.61 Å². The summed E-state index contributed by atoms with van der Waals surface area (Å²) in [5.74, 6) is 0.938. The van der Waals surface area contributed by atoms with Gasteiger partial charge in [0.1, 0.15) is 10.8 Å². The van der Waals surface area contributed by atoms with Crippen LogP contribution in [-0.4, -0.2) is 24.7 Å². The van der Waals surface area contributed by atoms with Crippen LogP contribution >= 0.6 is 11.3 Å². The number of hydrogen-bond acceptors (Lipinski definition) is 4. The SMILES string of the molecule is CCCNCCCCOc1ccc(-c2nc(C)cs2)cc1. The lowest BCUT2D eigenvalue weighted by atomic mass is 10.2. The molecule has 1 heterocycles. The first-order valence-corrected chi connectivity index (χ1v) is 8.53. The molecule has 0 bridgehead atoms. The Balaban J connectivity index is 1.70. The molecule has 0 amide bonds. The van der Waals surface area contributed by atoms with Gasteiger partial charge in [0.25, 0.3) is 0 Å². The molecule has 0 aliphatic rings. The van der Waals surface area contributed by atoms with E-state index in [1.54, 1.807) is 11.3 Å². The molecule has 114 valence electrons. The van der Waals surface area contributed by atoms with Gasteiger partial charge in [-0.15, -0.1) is 11.3 Å². The van der Waals surface area contributed by atoms with Crippen LogP contribution in [0.3, 0.4) is 0 Å². The van der Waals surface area contributed by atoms with Gasteiger partial charge in [0, 0.05) is 16.6 Å². The maximum absolute atomic E-state index is 5.76. The number of nitrogens with zero attached hydrogens (tertiary/aromatic N) is 1. The molecule has 1 aromatic carbocycles. The Hall–Kier alpha value is -1.39. The van der Waals surface area contributed by atoms with Crippen LogP contribution in [0.5, 0.6) is 5.75 Å². The lowest BCUT2D eigenvalue weighted by Crippen LogP contribution is -2.16. The Morgan fingerprint density at radius 3 is 2.62 bits per heavy atom. The molecule has 1 aromatic heterocycles. The zero-order valence-corrected chi connectivity index (χ0v) is 13.7. The van der Waals surface area contributed by atoms with Crippen LogP contribution in [0, 0.1) is 6.92 Å². The molecule has 0 saturated heterocycles. The van der Waals surface area contributed by atoms with Crippen molar-refractivity contribution < 1.29 is 4.74 Å². The first kappa shape index (κ1) is 16.0. The number of rotatable bonds is 9. The van der Waals surface area contributed by atoms with Crippen LogP contribution in [0.1, 0.15) is 31.9 Å². The van der Waals surface area contributed by atoms with Gasteiger partial charge < -0.3 is 10.1 Å². The maximum atomic E-state index is 5.76. The van der Waals surface area contributed by atoms with Crippen molar-refractivity contribution >= 4 is 11.3 Å². The summed E-state index contributed by atoms with van der Waals surface area (Å²) in [6.07, 6.45) is 3.45. The summed E-state index contributed by atoms with van der Waals surface area (Å²) < 4.78 is 5.76. The zero-order valence-electron chi connectivity index (χ0n) is 12.9. The Kier molecular flexibility index (Phi) is 6.70. The van der Waals surface area contributed by atoms with Gasteiger partial charge in [-0.25, -0.2) is 4.98 Å². The molecule has 3 nitrogen and oxygen atoms in total. The van der Waals surface area contributed by atoms with E-state index in [-0.39, 0.29) is 0 Å². The minimum Gasteiger partial charge on any atom is -0.494 e. The summed E-state index contributed by atoms with van der Waals surface area (Å²) in [5, 5.41) is 6.55. The van der Waals surface area contributed by atoms with Crippen molar-refractivity contribution in [2.24, 2.45) is 0 Å². The molecular formula is C17H24N2OS. The molecule has 2 rings (SSSR count). The Labute approximate surface area is 131 Å². The summed E-state index contributed by atoms with van der Waals surface area (Å²) >= 11 is 1.68. The molecular weight excluding hydrogens is 280 g/mol. The minimum absolute atomic E-state index is 0.781. The monoisotopic (exact) mass is 304 g/mol. The predicted molar refractivity (Wildman–Crippen MR) is 90.2 cm³/mol. The van der Waals surface area contributed by atoms with Gasteiger partial charge in [-0.1, -0.05) is 6.92 Å². The molecule has 0 unspecified atom stereocenters. The van der Waals surface area contributed by atoms with Crippen LogP contribution in [0.4, 0.5) is 0 Å². The third-order valence-electron chi connectivity index (χ3n) is 3.16. The molecule has 2 aromatic rings. The standard InChI is InChI=1S/C17H24N2OS/c1-3-10-18-11-4-5-12-20-16-8-6-15(7-9-16)17-19-14(2)13-21-17/h6-9,13,18H,3-5,10-12H2,1-2H3. The van der Waals surface area contributed by atoms with E-state index in [9.17, 15) is 0 Å². The number of unbranched alkanes of at least 4 members (excludes halogenated alkanes) is 1. The molecule has 0 aliphatic carbocycles. The number of nitrogens with one attached hydrogen (secondary N) is 1. The first-order chi connectivity index (χ1) is 10.3. The molecule has 21 heavy (non-hydrogen) atoms. The van der Waals surface area contributed by atoms with Crippen molar-refractivity contribution in [2.45, 2.75) is 33.1 Å². The molecule has 0 atom stereocenters. The fourth-order valence-corrected chi connectivity index (χ4v) is 2.83. The third-order valence-corrected chi connectivity index (χ3v) is 4.17. The molecule has 1 N–H and O–H groups in total. The molecule has 0 radical (unpaired) electrons. The summed E-state index contributed by atoms with van der Waals surface area (Å²) in [6.45, 7) is 7.18. The topological polar surface area (TPSA) is 34.1 Å². The van der Waals surface area contributed by atoms with E-state index >= 15 is 0 Å². The van der Waals surface area contributed by atoms with Crippen molar-refractivity contribution in [3.63, 3.8) is 0 Å². The van der Waals surface area contributed by atoms with E-state index in [2.05, 4.69) is 34.7 Å². The van der Waals surface area contributed by atoms with E-state index < -0.39 is 0 Å². The normalized spacial score (nSPS) is 10.8. The van der Waals surface area contributed by atoms with Crippen molar-refractivity contribution in [1.82, 2.24) is 10.3 Å². The molecule has 0 aliphatic heterocycles. The number of ether oxygens (including phenoxy) is 1. The molecule has 0 saturated carbocycles. The quantitative estimate of drug-likeness (QED) is 0.702. The van der Waals surface area contributed by atoms with E-state index in [4.69, 9.17) is 4.74 Å². The fraction of sp³-hybridized carbons (Fsp3) is 0.471. The summed E-state index contributed by atoms with van der Waals surface area (Å²) in [6, 6.07) is 8.22. The van der Waals surface area contributed by atoms with Gasteiger partial charge in [-0.05, 0) is 63.5 Å². The highest BCUT2D eigenvalue weighted by Gasteiger charge is 2.02. The summed E-state index contributed by atoms with van der Waals surface area (Å²) in [7, 11) is 0. The lowest BCUT2D eigenvalue weighted by Gasteiger charge is -2.07. The van der Waals surface area contributed by atoms with Crippen LogP contribution in [0.25, 0.3) is 10.6 Å². The highest BCUT2D eigenvalue weighted by Crippen LogP contribution is 2.25. The molecule has 0 spiro atoms. The van der Waals surface area contributed by atoms with Crippen LogP contribution in [-0.2, 0) is 0 Å². The Bertz CT molecular complexity index is 522. The predicted octanol–water partition coefficient (Wildman–Crippen LogP) is 4.28. The van der Waals surface area contributed by atoms with Gasteiger partial charge in [-0.2, -0.15) is 0 Å². The van der Waals surface area contributed by atoms with Crippen LogP contribution in [0.2, 0.25) is 0 Å². The van der Waals surface area contributed by atoms with E-state index in [0.29, 0.717) is 0 Å². The second kappa shape index (κ2) is 8.80. The van der Waals surface area contributed by atoms with Crippen LogP contribution in [0.15, 0.2) is 29.6 Å². The smallest absolute Gasteiger partial charge is 0.123 e. The van der Waals surface area contributed by atoms with Crippen molar-refractivity contribution in [3.05, 3.63) is 35.3 Å². The van der Waals surface area contributed by atoms with E-state index in [1.807, 2.05) is 19.1 Å². The van der Waals surface area contributed by atoms with Gasteiger partial charge in [-0.3, -0.25) is 0 Å². The van der Waals surface area contributed by atoms with E-state index in [0.717, 1.165) is 54.6 Å². The number of aromatic nitrogens is 1. The van der Waals surface area contributed by atoms with Crippen molar-refractivity contribution in [2.75, 3.05) is 19.7 Å². The summed E-state index contributed by atoms with van der Waals surface area (Å²) in [5.41, 5.74) is 2.23. The maximum Gasteiger partial charge on any atom is 0.123 e. The largest absolute Gasteiger partial charge is 0.494 e. The lowest BCUT2D eigenvalue weighted by molar-refractivity contribution is 0.306. The molecule has 4 heteroatoms. The Morgan fingerprint density at radius 1 is 1.14 bits per heavy atom. The minimum atomic E-state index is 0.781. The van der Waals surface area contributed by atoms with Gasteiger partial charge >= 0.3 is 0 Å². The van der Waals surface area contributed by atoms with Crippen molar-refractivity contribution in [1.29, 1.82) is 0 Å². The number of aryl methyl sites for hydroxylation is 1. The van der Waals surface area contributed by atoms with Gasteiger partial charge in [0.15, 0.2) is 0 Å². The second-order valence-corrected chi connectivity index (χ2v) is 5.98. The number of hydrogen-bond donors (Lipinski definition) is 1.